The van der Waals surface area contributed by atoms with Gasteiger partial charge < -0.3 is 0 Å². The van der Waals surface area contributed by atoms with E-state index < -0.39 is 6.04 Å². The number of hydrogen-bond donors (Lipinski definition) is 0. The molecule has 2 aromatic carbocycles. The van der Waals surface area contributed by atoms with E-state index in [9.17, 15) is 9.59 Å². The third-order valence-electron chi connectivity index (χ3n) is 4.56. The van der Waals surface area contributed by atoms with E-state index in [-0.39, 0.29) is 11.0 Å². The molecule has 0 radical (unpaired) electrons. The summed E-state index contributed by atoms with van der Waals surface area (Å²) < 4.78 is 0. The van der Waals surface area contributed by atoms with E-state index in [1.54, 1.807) is 6.66 Å². The number of aryl methyl sites for hydroxylation is 6. The molecule has 2 rings (SSSR count). The predicted octanol–water partition coefficient (Wildman–Crippen LogP) is 5.63. The molecule has 0 atom stereocenters. The van der Waals surface area contributed by atoms with Gasteiger partial charge in [-0.05, 0) is 70.5 Å². The second-order valence-corrected chi connectivity index (χ2v) is 11.9. The standard InChI is InChI=1S/C21H25O2PS/c1-12-8-14(3)18(15(4)9-12)20(22)24(7,25)21(23)19-16(5)10-13(2)11-17(19)6/h8-11H,1-7H3. The fourth-order valence-corrected chi connectivity index (χ4v) is 5.84. The van der Waals surface area contributed by atoms with Crippen LogP contribution in [0.5, 0.6) is 0 Å². The summed E-state index contributed by atoms with van der Waals surface area (Å²) >= 11 is 5.67. The zero-order valence-electron chi connectivity index (χ0n) is 16.0. The first kappa shape index (κ1) is 19.8. The van der Waals surface area contributed by atoms with Gasteiger partial charge in [-0.3, -0.25) is 9.59 Å². The molecule has 0 aliphatic rings. The van der Waals surface area contributed by atoms with E-state index >= 15 is 0 Å². The van der Waals surface area contributed by atoms with Crippen molar-refractivity contribution in [3.8, 4) is 0 Å². The summed E-state index contributed by atoms with van der Waals surface area (Å²) in [6.07, 6.45) is 0. The second kappa shape index (κ2) is 6.97. The Balaban J connectivity index is 2.58. The van der Waals surface area contributed by atoms with Gasteiger partial charge in [-0.25, -0.2) is 0 Å². The summed E-state index contributed by atoms with van der Waals surface area (Å²) in [6.45, 7) is 13.3. The largest absolute Gasteiger partial charge is 0.288 e. The molecule has 0 saturated heterocycles. The van der Waals surface area contributed by atoms with Crippen molar-refractivity contribution in [2.75, 3.05) is 6.66 Å². The van der Waals surface area contributed by atoms with Crippen LogP contribution >= 0.6 is 6.04 Å². The molecule has 25 heavy (non-hydrogen) atoms. The Morgan fingerprint density at radius 2 is 0.920 bits per heavy atom. The van der Waals surface area contributed by atoms with Crippen LogP contribution < -0.4 is 0 Å². The fraction of sp³-hybridized carbons (Fsp3) is 0.333. The van der Waals surface area contributed by atoms with Gasteiger partial charge in [0.05, 0.1) is 6.04 Å². The van der Waals surface area contributed by atoms with Crippen molar-refractivity contribution in [3.63, 3.8) is 0 Å². The molecule has 0 fully saturated rings. The molecule has 0 aliphatic heterocycles. The summed E-state index contributed by atoms with van der Waals surface area (Å²) in [5.74, 6) is 0. The van der Waals surface area contributed by atoms with Gasteiger partial charge in [0.1, 0.15) is 0 Å². The first-order valence-corrected chi connectivity index (χ1v) is 11.5. The van der Waals surface area contributed by atoms with Crippen molar-refractivity contribution >= 4 is 28.9 Å². The molecule has 4 heteroatoms. The topological polar surface area (TPSA) is 34.1 Å². The lowest BCUT2D eigenvalue weighted by molar-refractivity contribution is 0.105. The van der Waals surface area contributed by atoms with E-state index in [0.29, 0.717) is 11.1 Å². The third-order valence-corrected chi connectivity index (χ3v) is 7.55. The van der Waals surface area contributed by atoms with Crippen LogP contribution in [0.3, 0.4) is 0 Å². The van der Waals surface area contributed by atoms with Crippen molar-refractivity contribution in [2.45, 2.75) is 41.5 Å². The van der Waals surface area contributed by atoms with Crippen molar-refractivity contribution in [2.24, 2.45) is 0 Å². The Labute approximate surface area is 155 Å². The van der Waals surface area contributed by atoms with Crippen LogP contribution in [-0.4, -0.2) is 17.7 Å². The quantitative estimate of drug-likeness (QED) is 0.653. The zero-order chi connectivity index (χ0) is 19.1. The minimum absolute atomic E-state index is 0.179. The van der Waals surface area contributed by atoms with Crippen LogP contribution in [-0.2, 0) is 11.8 Å². The van der Waals surface area contributed by atoms with E-state index in [0.717, 1.165) is 33.4 Å². The lowest BCUT2D eigenvalue weighted by Crippen LogP contribution is -2.14. The summed E-state index contributed by atoms with van der Waals surface area (Å²) in [6, 6.07) is 5.00. The lowest BCUT2D eigenvalue weighted by Gasteiger charge is -2.20. The molecule has 0 aliphatic carbocycles. The Morgan fingerprint density at radius 1 is 0.680 bits per heavy atom. The second-order valence-electron chi connectivity index (χ2n) is 7.08. The Morgan fingerprint density at radius 3 is 1.16 bits per heavy atom. The summed E-state index contributed by atoms with van der Waals surface area (Å²) in [5.41, 5.74) is 6.66. The summed E-state index contributed by atoms with van der Waals surface area (Å²) in [7, 11) is 0. The van der Waals surface area contributed by atoms with Gasteiger partial charge in [0.15, 0.2) is 0 Å². The number of hydrogen-bond acceptors (Lipinski definition) is 3. The minimum atomic E-state index is -2.90. The normalized spacial score (nSPS) is 11.5. The van der Waals surface area contributed by atoms with Crippen LogP contribution in [0.25, 0.3) is 0 Å². The van der Waals surface area contributed by atoms with Crippen LogP contribution in [0.1, 0.15) is 54.1 Å². The highest BCUT2D eigenvalue weighted by Crippen LogP contribution is 2.50. The molecule has 0 amide bonds. The monoisotopic (exact) mass is 372 g/mol. The van der Waals surface area contributed by atoms with Gasteiger partial charge in [-0.2, -0.15) is 0 Å². The zero-order valence-corrected chi connectivity index (χ0v) is 17.7. The highest BCUT2D eigenvalue weighted by Gasteiger charge is 2.34. The minimum Gasteiger partial charge on any atom is -0.288 e. The van der Waals surface area contributed by atoms with E-state index in [2.05, 4.69) is 0 Å². The van der Waals surface area contributed by atoms with Gasteiger partial charge in [0.25, 0.3) is 0 Å². The Hall–Kier alpha value is -1.57. The van der Waals surface area contributed by atoms with Gasteiger partial charge in [0.2, 0.25) is 11.0 Å². The van der Waals surface area contributed by atoms with Crippen LogP contribution in [0, 0.1) is 41.5 Å². The van der Waals surface area contributed by atoms with Crippen molar-refractivity contribution in [1.29, 1.82) is 0 Å². The highest BCUT2D eigenvalue weighted by atomic mass is 32.4. The molecular formula is C21H25O2PS. The van der Waals surface area contributed by atoms with E-state index in [4.69, 9.17) is 11.8 Å². The molecule has 0 bridgehead atoms. The first-order chi connectivity index (χ1) is 11.5. The average molecular weight is 372 g/mol. The van der Waals surface area contributed by atoms with Gasteiger partial charge in [-0.15, -0.1) is 0 Å². The van der Waals surface area contributed by atoms with Gasteiger partial charge in [0, 0.05) is 11.1 Å². The molecule has 0 N–H and O–H groups in total. The molecule has 0 saturated carbocycles. The van der Waals surface area contributed by atoms with E-state index in [1.165, 1.54) is 0 Å². The first-order valence-electron chi connectivity index (χ1n) is 8.29. The van der Waals surface area contributed by atoms with Crippen molar-refractivity contribution in [1.82, 2.24) is 0 Å². The maximum absolute atomic E-state index is 13.2. The molecule has 2 aromatic rings. The molecule has 0 heterocycles. The summed E-state index contributed by atoms with van der Waals surface area (Å²) in [5, 5.41) is 0. The highest BCUT2D eigenvalue weighted by molar-refractivity contribution is 8.30. The Bertz CT molecular complexity index is 821. The number of carbonyl (C=O) groups is 2. The molecule has 132 valence electrons. The molecule has 2 nitrogen and oxygen atoms in total. The van der Waals surface area contributed by atoms with Crippen molar-refractivity contribution < 1.29 is 9.59 Å². The smallest absolute Gasteiger partial charge is 0.201 e. The Kier molecular flexibility index (Phi) is 5.51. The van der Waals surface area contributed by atoms with E-state index in [1.807, 2.05) is 65.8 Å². The van der Waals surface area contributed by atoms with Crippen LogP contribution in [0.4, 0.5) is 0 Å². The molecular weight excluding hydrogens is 347 g/mol. The van der Waals surface area contributed by atoms with Crippen LogP contribution in [0.15, 0.2) is 24.3 Å². The maximum Gasteiger partial charge on any atom is 0.201 e. The van der Waals surface area contributed by atoms with Gasteiger partial charge >= 0.3 is 0 Å². The average Bonchev–Trinajstić information content (AvgIpc) is 2.44. The number of benzene rings is 2. The third kappa shape index (κ3) is 3.68. The van der Waals surface area contributed by atoms with Gasteiger partial charge in [-0.1, -0.05) is 47.2 Å². The molecule has 0 spiro atoms. The molecule has 0 unspecified atom stereocenters. The summed E-state index contributed by atoms with van der Waals surface area (Å²) in [4.78, 5) is 26.5. The number of carbonyl (C=O) groups excluding carboxylic acids is 2. The SMILES string of the molecule is Cc1cc(C)c(C(=O)P(C)(=S)C(=O)c2c(C)cc(C)cc2C)c(C)c1. The fourth-order valence-electron chi connectivity index (χ4n) is 3.55. The maximum atomic E-state index is 13.2. The van der Waals surface area contributed by atoms with Crippen LogP contribution in [0.2, 0.25) is 0 Å². The van der Waals surface area contributed by atoms with Crippen molar-refractivity contribution in [3.05, 3.63) is 68.8 Å². The number of rotatable bonds is 4. The lowest BCUT2D eigenvalue weighted by atomic mass is 10.0. The molecule has 0 aromatic heterocycles. The predicted molar refractivity (Wildman–Crippen MR) is 110 cm³/mol.